The summed E-state index contributed by atoms with van der Waals surface area (Å²) >= 11 is 3.53. The van der Waals surface area contributed by atoms with E-state index >= 15 is 0 Å². The Hall–Kier alpha value is -1.81. The number of rotatable bonds is 4. The van der Waals surface area contributed by atoms with Crippen LogP contribution in [0.1, 0.15) is 11.4 Å². The fourth-order valence-electron chi connectivity index (χ4n) is 2.27. The Bertz CT molecular complexity index is 722. The highest BCUT2D eigenvalue weighted by atomic mass is 79.9. The fraction of sp³-hybridized carbons (Fsp3) is 0.188. The van der Waals surface area contributed by atoms with E-state index in [1.807, 2.05) is 42.6 Å². The van der Waals surface area contributed by atoms with Crippen molar-refractivity contribution in [2.24, 2.45) is 0 Å². The van der Waals surface area contributed by atoms with Crippen LogP contribution in [0.2, 0.25) is 0 Å². The summed E-state index contributed by atoms with van der Waals surface area (Å²) in [7, 11) is 0. The molecule has 4 heteroatoms. The number of para-hydroxylation sites is 1. The van der Waals surface area contributed by atoms with Gasteiger partial charge in [0.15, 0.2) is 0 Å². The van der Waals surface area contributed by atoms with Crippen LogP contribution in [0.25, 0.3) is 5.52 Å². The van der Waals surface area contributed by atoms with Crippen LogP contribution in [-0.4, -0.2) is 16.0 Å². The van der Waals surface area contributed by atoms with Gasteiger partial charge in [0.05, 0.1) is 12.1 Å². The van der Waals surface area contributed by atoms with E-state index in [0.29, 0.717) is 6.61 Å². The van der Waals surface area contributed by atoms with Crippen molar-refractivity contribution in [2.45, 2.75) is 13.3 Å². The summed E-state index contributed by atoms with van der Waals surface area (Å²) < 4.78 is 8.74. The SMILES string of the molecule is Cc1cccn2c(CCOc3ccccc3)nc(Br)c12. The molecule has 0 saturated heterocycles. The summed E-state index contributed by atoms with van der Waals surface area (Å²) in [5.74, 6) is 1.90. The first-order valence-electron chi connectivity index (χ1n) is 6.55. The van der Waals surface area contributed by atoms with E-state index in [4.69, 9.17) is 4.74 Å². The van der Waals surface area contributed by atoms with Gasteiger partial charge in [-0.25, -0.2) is 4.98 Å². The van der Waals surface area contributed by atoms with Crippen LogP contribution < -0.4 is 4.74 Å². The predicted octanol–water partition coefficient (Wildman–Crippen LogP) is 4.03. The molecule has 2 heterocycles. The third-order valence-corrected chi connectivity index (χ3v) is 3.79. The molecule has 0 amide bonds. The second-order valence-corrected chi connectivity index (χ2v) is 5.39. The van der Waals surface area contributed by atoms with E-state index in [-0.39, 0.29) is 0 Å². The first-order valence-corrected chi connectivity index (χ1v) is 7.35. The van der Waals surface area contributed by atoms with Crippen LogP contribution in [0.5, 0.6) is 5.75 Å². The molecule has 0 radical (unpaired) electrons. The Balaban J connectivity index is 1.77. The van der Waals surface area contributed by atoms with Gasteiger partial charge in [-0.3, -0.25) is 0 Å². The number of nitrogens with zero attached hydrogens (tertiary/aromatic N) is 2. The van der Waals surface area contributed by atoms with Gasteiger partial charge in [-0.1, -0.05) is 24.3 Å². The zero-order chi connectivity index (χ0) is 13.9. The summed E-state index contributed by atoms with van der Waals surface area (Å²) in [6.07, 6.45) is 2.81. The minimum Gasteiger partial charge on any atom is -0.493 e. The number of ether oxygens (including phenoxy) is 1. The van der Waals surface area contributed by atoms with Crippen molar-refractivity contribution in [1.29, 1.82) is 0 Å². The van der Waals surface area contributed by atoms with Crippen molar-refractivity contribution in [2.75, 3.05) is 6.61 Å². The van der Waals surface area contributed by atoms with Gasteiger partial charge in [0, 0.05) is 12.6 Å². The third-order valence-electron chi connectivity index (χ3n) is 3.23. The smallest absolute Gasteiger partial charge is 0.132 e. The summed E-state index contributed by atoms with van der Waals surface area (Å²) in [6, 6.07) is 14.0. The van der Waals surface area contributed by atoms with Crippen molar-refractivity contribution in [3.05, 3.63) is 64.7 Å². The van der Waals surface area contributed by atoms with Crippen molar-refractivity contribution in [1.82, 2.24) is 9.38 Å². The van der Waals surface area contributed by atoms with E-state index in [1.165, 1.54) is 5.56 Å². The average molecular weight is 331 g/mol. The molecule has 1 aromatic carbocycles. The molecule has 3 rings (SSSR count). The Morgan fingerprint density at radius 3 is 2.75 bits per heavy atom. The average Bonchev–Trinajstić information content (AvgIpc) is 2.78. The lowest BCUT2D eigenvalue weighted by Crippen LogP contribution is -2.04. The van der Waals surface area contributed by atoms with E-state index in [2.05, 4.69) is 38.3 Å². The quantitative estimate of drug-likeness (QED) is 0.722. The molecule has 0 spiro atoms. The largest absolute Gasteiger partial charge is 0.493 e. The van der Waals surface area contributed by atoms with E-state index in [0.717, 1.165) is 28.1 Å². The van der Waals surface area contributed by atoms with Crippen molar-refractivity contribution in [3.8, 4) is 5.75 Å². The van der Waals surface area contributed by atoms with E-state index in [9.17, 15) is 0 Å². The lowest BCUT2D eigenvalue weighted by molar-refractivity contribution is 0.318. The van der Waals surface area contributed by atoms with Crippen molar-refractivity contribution in [3.63, 3.8) is 0 Å². The molecule has 0 bridgehead atoms. The maximum absolute atomic E-state index is 5.73. The molecule has 0 unspecified atom stereocenters. The molecular formula is C16H15BrN2O. The molecule has 0 atom stereocenters. The Labute approximate surface area is 126 Å². The Kier molecular flexibility index (Phi) is 3.74. The normalized spacial score (nSPS) is 10.9. The van der Waals surface area contributed by atoms with Gasteiger partial charge in [0.25, 0.3) is 0 Å². The lowest BCUT2D eigenvalue weighted by atomic mass is 10.2. The van der Waals surface area contributed by atoms with Crippen LogP contribution >= 0.6 is 15.9 Å². The zero-order valence-corrected chi connectivity index (χ0v) is 12.8. The maximum Gasteiger partial charge on any atom is 0.132 e. The Morgan fingerprint density at radius 2 is 1.95 bits per heavy atom. The summed E-state index contributed by atoms with van der Waals surface area (Å²) in [4.78, 5) is 4.58. The number of halogens is 1. The van der Waals surface area contributed by atoms with Gasteiger partial charge in [0.1, 0.15) is 16.2 Å². The molecule has 0 fully saturated rings. The minimum absolute atomic E-state index is 0.615. The molecular weight excluding hydrogens is 316 g/mol. The number of benzene rings is 1. The van der Waals surface area contributed by atoms with Crippen LogP contribution in [0, 0.1) is 6.92 Å². The zero-order valence-electron chi connectivity index (χ0n) is 11.2. The first kappa shape index (κ1) is 13.2. The topological polar surface area (TPSA) is 26.5 Å². The highest BCUT2D eigenvalue weighted by Gasteiger charge is 2.10. The second kappa shape index (κ2) is 5.67. The number of hydrogen-bond donors (Lipinski definition) is 0. The van der Waals surface area contributed by atoms with E-state index < -0.39 is 0 Å². The minimum atomic E-state index is 0.615. The van der Waals surface area contributed by atoms with Crippen LogP contribution in [0.3, 0.4) is 0 Å². The first-order chi connectivity index (χ1) is 9.75. The molecule has 2 aromatic heterocycles. The molecule has 0 saturated carbocycles. The number of pyridine rings is 1. The molecule has 3 aromatic rings. The lowest BCUT2D eigenvalue weighted by Gasteiger charge is -2.05. The van der Waals surface area contributed by atoms with Crippen LogP contribution in [0.15, 0.2) is 53.3 Å². The molecule has 102 valence electrons. The standard InChI is InChI=1S/C16H15BrN2O/c1-12-6-5-10-19-14(18-16(17)15(12)19)9-11-20-13-7-3-2-4-8-13/h2-8,10H,9,11H2,1H3. The number of hydrogen-bond acceptors (Lipinski definition) is 2. The van der Waals surface area contributed by atoms with E-state index in [1.54, 1.807) is 0 Å². The van der Waals surface area contributed by atoms with Gasteiger partial charge >= 0.3 is 0 Å². The predicted molar refractivity (Wildman–Crippen MR) is 83.3 cm³/mol. The van der Waals surface area contributed by atoms with Crippen LogP contribution in [0.4, 0.5) is 0 Å². The molecule has 0 N–H and O–H groups in total. The van der Waals surface area contributed by atoms with Gasteiger partial charge in [-0.15, -0.1) is 0 Å². The molecule has 20 heavy (non-hydrogen) atoms. The molecule has 3 nitrogen and oxygen atoms in total. The van der Waals surface area contributed by atoms with Gasteiger partial charge in [-0.2, -0.15) is 0 Å². The number of fused-ring (bicyclic) bond motifs is 1. The van der Waals surface area contributed by atoms with Crippen LogP contribution in [-0.2, 0) is 6.42 Å². The van der Waals surface area contributed by atoms with Gasteiger partial charge < -0.3 is 9.14 Å². The van der Waals surface area contributed by atoms with Gasteiger partial charge in [-0.05, 0) is 46.6 Å². The highest BCUT2D eigenvalue weighted by molar-refractivity contribution is 9.10. The molecule has 0 aliphatic heterocycles. The maximum atomic E-state index is 5.73. The number of imidazole rings is 1. The summed E-state index contributed by atoms with van der Waals surface area (Å²) in [6.45, 7) is 2.70. The monoisotopic (exact) mass is 330 g/mol. The molecule has 0 aliphatic carbocycles. The van der Waals surface area contributed by atoms with Gasteiger partial charge in [0.2, 0.25) is 0 Å². The third kappa shape index (κ3) is 2.56. The second-order valence-electron chi connectivity index (χ2n) is 4.64. The number of aryl methyl sites for hydroxylation is 1. The Morgan fingerprint density at radius 1 is 1.15 bits per heavy atom. The molecule has 0 aliphatic rings. The summed E-state index contributed by atoms with van der Waals surface area (Å²) in [5, 5.41) is 0. The highest BCUT2D eigenvalue weighted by Crippen LogP contribution is 2.22. The fourth-order valence-corrected chi connectivity index (χ4v) is 2.98. The van der Waals surface area contributed by atoms with Crippen molar-refractivity contribution >= 4 is 21.4 Å². The summed E-state index contributed by atoms with van der Waals surface area (Å²) in [5.41, 5.74) is 2.34. The number of aromatic nitrogens is 2. The van der Waals surface area contributed by atoms with Crippen molar-refractivity contribution < 1.29 is 4.74 Å².